The number of amides is 1. The van der Waals surface area contributed by atoms with Gasteiger partial charge >= 0.3 is 12.1 Å². The standard InChI is InChI=1S/C26H26FN7O5/c27-21-10-17(34-14-19(38-26(34)36)13-33-9-8-30-32-33)4-5-20(21)16-3-6-22(29-12-16)24-11-18(39-31-24)15-37-25(35)23-2-1-7-28-23/h3-6,8-10,12,18-19,23,28H,1-2,7,11,13-15H2/t18-,19-,23?/m0/s1. The van der Waals surface area contributed by atoms with Crippen LogP contribution in [0, 0.1) is 5.82 Å². The first-order valence-corrected chi connectivity index (χ1v) is 12.7. The Hall–Kier alpha value is -4.39. The van der Waals surface area contributed by atoms with E-state index in [9.17, 15) is 9.59 Å². The van der Waals surface area contributed by atoms with Gasteiger partial charge in [-0.15, -0.1) is 5.10 Å². The summed E-state index contributed by atoms with van der Waals surface area (Å²) in [5, 5.41) is 14.8. The largest absolute Gasteiger partial charge is 0.460 e. The second-order valence-corrected chi connectivity index (χ2v) is 9.59. The van der Waals surface area contributed by atoms with E-state index < -0.39 is 18.0 Å². The first-order valence-electron chi connectivity index (χ1n) is 12.7. The van der Waals surface area contributed by atoms with E-state index in [2.05, 4.69) is 25.8 Å². The number of oxime groups is 1. The molecule has 0 spiro atoms. The molecular formula is C26H26FN7O5. The number of esters is 1. The molecule has 2 fully saturated rings. The molecule has 202 valence electrons. The van der Waals surface area contributed by atoms with E-state index in [-0.39, 0.29) is 31.3 Å². The maximum atomic E-state index is 15.1. The van der Waals surface area contributed by atoms with Gasteiger partial charge in [0.05, 0.1) is 30.7 Å². The molecule has 3 aromatic rings. The highest BCUT2D eigenvalue weighted by Crippen LogP contribution is 2.29. The van der Waals surface area contributed by atoms with Crippen LogP contribution in [0.25, 0.3) is 11.1 Å². The second kappa shape index (κ2) is 10.8. The van der Waals surface area contributed by atoms with Crippen LogP contribution >= 0.6 is 0 Å². The van der Waals surface area contributed by atoms with Crippen molar-refractivity contribution in [2.75, 3.05) is 24.6 Å². The highest BCUT2D eigenvalue weighted by atomic mass is 19.1. The topological polar surface area (TPSA) is 133 Å². The van der Waals surface area contributed by atoms with Crippen LogP contribution in [0.15, 0.2) is 54.1 Å². The number of ether oxygens (including phenoxy) is 2. The van der Waals surface area contributed by atoms with Crippen molar-refractivity contribution in [3.8, 4) is 11.1 Å². The summed E-state index contributed by atoms with van der Waals surface area (Å²) < 4.78 is 27.5. The average Bonchev–Trinajstić information content (AvgIpc) is 3.76. The summed E-state index contributed by atoms with van der Waals surface area (Å²) in [5.41, 5.74) is 2.55. The number of hydrogen-bond donors (Lipinski definition) is 1. The molecule has 1 aromatic carbocycles. The number of nitrogens with one attached hydrogen (secondary N) is 1. The predicted octanol–water partition coefficient (Wildman–Crippen LogP) is 2.29. The Morgan fingerprint density at radius 2 is 2.15 bits per heavy atom. The molecule has 3 atom stereocenters. The molecule has 1 amide bonds. The van der Waals surface area contributed by atoms with Crippen molar-refractivity contribution >= 4 is 23.5 Å². The zero-order valence-corrected chi connectivity index (χ0v) is 20.9. The van der Waals surface area contributed by atoms with Crippen molar-refractivity contribution < 1.29 is 28.3 Å². The minimum absolute atomic E-state index is 0.116. The Kier molecular flexibility index (Phi) is 6.88. The number of cyclic esters (lactones) is 1. The van der Waals surface area contributed by atoms with Gasteiger partial charge in [-0.2, -0.15) is 0 Å². The monoisotopic (exact) mass is 535 g/mol. The summed E-state index contributed by atoms with van der Waals surface area (Å²) in [6.45, 7) is 1.57. The van der Waals surface area contributed by atoms with E-state index in [1.807, 2.05) is 0 Å². The molecule has 3 aliphatic rings. The minimum atomic E-state index is -0.541. The zero-order valence-electron chi connectivity index (χ0n) is 20.9. The van der Waals surface area contributed by atoms with Gasteiger partial charge in [-0.3, -0.25) is 14.7 Å². The third-order valence-electron chi connectivity index (χ3n) is 6.86. The molecule has 3 aliphatic heterocycles. The minimum Gasteiger partial charge on any atom is -0.460 e. The summed E-state index contributed by atoms with van der Waals surface area (Å²) in [6, 6.07) is 7.84. The van der Waals surface area contributed by atoms with Gasteiger partial charge in [0.15, 0.2) is 6.10 Å². The van der Waals surface area contributed by atoms with Gasteiger partial charge in [0.25, 0.3) is 0 Å². The first-order chi connectivity index (χ1) is 19.0. The molecule has 0 saturated carbocycles. The maximum Gasteiger partial charge on any atom is 0.414 e. The number of halogens is 1. The number of hydrogen-bond acceptors (Lipinski definition) is 10. The smallest absolute Gasteiger partial charge is 0.414 e. The van der Waals surface area contributed by atoms with Crippen LogP contribution in [0.3, 0.4) is 0 Å². The van der Waals surface area contributed by atoms with Crippen molar-refractivity contribution in [2.45, 2.75) is 44.1 Å². The van der Waals surface area contributed by atoms with Gasteiger partial charge < -0.3 is 19.6 Å². The lowest BCUT2D eigenvalue weighted by Crippen LogP contribution is -2.34. The summed E-state index contributed by atoms with van der Waals surface area (Å²) in [6.07, 6.45) is 5.65. The molecule has 0 aliphatic carbocycles. The van der Waals surface area contributed by atoms with E-state index in [0.29, 0.717) is 41.2 Å². The van der Waals surface area contributed by atoms with E-state index in [1.54, 1.807) is 47.5 Å². The van der Waals surface area contributed by atoms with Crippen molar-refractivity contribution in [1.82, 2.24) is 25.3 Å². The zero-order chi connectivity index (χ0) is 26.8. The lowest BCUT2D eigenvalue weighted by molar-refractivity contribution is -0.149. The summed E-state index contributed by atoms with van der Waals surface area (Å²) >= 11 is 0. The maximum absolute atomic E-state index is 15.1. The number of aromatic nitrogens is 4. The van der Waals surface area contributed by atoms with Gasteiger partial charge in [0, 0.05) is 29.9 Å². The van der Waals surface area contributed by atoms with E-state index in [4.69, 9.17) is 14.3 Å². The predicted molar refractivity (Wildman–Crippen MR) is 135 cm³/mol. The number of carbonyl (C=O) groups is 2. The number of rotatable bonds is 8. The molecule has 0 radical (unpaired) electrons. The Balaban J connectivity index is 1.05. The Morgan fingerprint density at radius 1 is 1.23 bits per heavy atom. The summed E-state index contributed by atoms with van der Waals surface area (Å²) in [4.78, 5) is 35.7. The quantitative estimate of drug-likeness (QED) is 0.431. The molecule has 1 N–H and O–H groups in total. The lowest BCUT2D eigenvalue weighted by atomic mass is 10.0. The fourth-order valence-electron chi connectivity index (χ4n) is 4.83. The molecule has 0 bridgehead atoms. The van der Waals surface area contributed by atoms with Gasteiger partial charge in [-0.05, 0) is 43.7 Å². The SMILES string of the molecule is O=C(OC[C@@H]1CC(c2ccc(-c3ccc(N4C[C@H](Cn5ccnn5)OC4=O)cc3F)cn2)=NO1)C1CCCN1. The van der Waals surface area contributed by atoms with Crippen LogP contribution in [0.2, 0.25) is 0 Å². The number of carbonyl (C=O) groups excluding carboxylic acids is 2. The molecule has 39 heavy (non-hydrogen) atoms. The van der Waals surface area contributed by atoms with Gasteiger partial charge in [-0.25, -0.2) is 13.9 Å². The van der Waals surface area contributed by atoms with Crippen molar-refractivity contribution in [3.63, 3.8) is 0 Å². The molecular weight excluding hydrogens is 509 g/mol. The normalized spacial score (nSPS) is 22.5. The number of pyridine rings is 1. The highest BCUT2D eigenvalue weighted by Gasteiger charge is 2.33. The van der Waals surface area contributed by atoms with Crippen LogP contribution in [0.5, 0.6) is 0 Å². The third-order valence-corrected chi connectivity index (χ3v) is 6.86. The van der Waals surface area contributed by atoms with Crippen LogP contribution in [-0.4, -0.2) is 75.7 Å². The van der Waals surface area contributed by atoms with Crippen molar-refractivity contribution in [3.05, 3.63) is 60.4 Å². The van der Waals surface area contributed by atoms with Crippen LogP contribution < -0.4 is 10.2 Å². The third kappa shape index (κ3) is 5.43. The molecule has 6 rings (SSSR count). The van der Waals surface area contributed by atoms with Crippen LogP contribution in [0.1, 0.15) is 25.0 Å². The molecule has 2 saturated heterocycles. The fraction of sp³-hybridized carbons (Fsp3) is 0.385. The van der Waals surface area contributed by atoms with E-state index in [0.717, 1.165) is 19.4 Å². The molecule has 5 heterocycles. The fourth-order valence-corrected chi connectivity index (χ4v) is 4.83. The highest BCUT2D eigenvalue weighted by molar-refractivity contribution is 5.99. The average molecular weight is 536 g/mol. The number of anilines is 1. The summed E-state index contributed by atoms with van der Waals surface area (Å²) in [5.74, 6) is -0.761. The molecule has 2 aromatic heterocycles. The van der Waals surface area contributed by atoms with Gasteiger partial charge in [-0.1, -0.05) is 16.4 Å². The number of benzene rings is 1. The summed E-state index contributed by atoms with van der Waals surface area (Å²) in [7, 11) is 0. The first kappa shape index (κ1) is 24.9. The van der Waals surface area contributed by atoms with Crippen molar-refractivity contribution in [1.29, 1.82) is 0 Å². The van der Waals surface area contributed by atoms with Crippen molar-refractivity contribution in [2.24, 2.45) is 5.16 Å². The van der Waals surface area contributed by atoms with Gasteiger partial charge in [0.2, 0.25) is 0 Å². The van der Waals surface area contributed by atoms with Gasteiger partial charge in [0.1, 0.15) is 30.3 Å². The van der Waals surface area contributed by atoms with E-state index in [1.165, 1.54) is 11.0 Å². The number of nitrogens with zero attached hydrogens (tertiary/aromatic N) is 6. The molecule has 12 nitrogen and oxygen atoms in total. The Labute approximate surface area is 222 Å². The van der Waals surface area contributed by atoms with E-state index >= 15 is 4.39 Å². The van der Waals surface area contributed by atoms with Crippen LogP contribution in [-0.2, 0) is 25.7 Å². The Bertz CT molecular complexity index is 1380. The Morgan fingerprint density at radius 3 is 2.90 bits per heavy atom. The molecule has 1 unspecified atom stereocenters. The molecule has 13 heteroatoms. The van der Waals surface area contributed by atoms with Crippen LogP contribution in [0.4, 0.5) is 14.9 Å². The second-order valence-electron chi connectivity index (χ2n) is 9.59. The lowest BCUT2D eigenvalue weighted by Gasteiger charge is -2.14.